The van der Waals surface area contributed by atoms with Crippen LogP contribution in [-0.4, -0.2) is 30.0 Å². The predicted molar refractivity (Wildman–Crippen MR) is 109 cm³/mol. The molecule has 0 aliphatic heterocycles. The van der Waals surface area contributed by atoms with Crippen LogP contribution in [0.1, 0.15) is 36.7 Å². The van der Waals surface area contributed by atoms with Gasteiger partial charge in [-0.25, -0.2) is 17.8 Å². The van der Waals surface area contributed by atoms with Gasteiger partial charge in [0.05, 0.1) is 12.0 Å². The molecule has 0 spiro atoms. The molecule has 152 valence electrons. The average molecular weight is 414 g/mol. The molecule has 0 aliphatic rings. The fourth-order valence-corrected chi connectivity index (χ4v) is 4.03. The third kappa shape index (κ3) is 3.88. The zero-order valence-corrected chi connectivity index (χ0v) is 17.4. The Balaban J connectivity index is 1.96. The van der Waals surface area contributed by atoms with Gasteiger partial charge < -0.3 is 4.74 Å². The Morgan fingerprint density at radius 3 is 2.03 bits per heavy atom. The first-order chi connectivity index (χ1) is 13.6. The Morgan fingerprint density at radius 2 is 1.52 bits per heavy atom. The van der Waals surface area contributed by atoms with Crippen LogP contribution in [-0.2, 0) is 15.4 Å². The number of aromatic nitrogens is 2. The summed E-state index contributed by atoms with van der Waals surface area (Å²) >= 11 is 0. The van der Waals surface area contributed by atoms with E-state index in [1.54, 1.807) is 12.1 Å². The van der Waals surface area contributed by atoms with Crippen LogP contribution in [0.15, 0.2) is 70.6 Å². The van der Waals surface area contributed by atoms with Gasteiger partial charge in [-0.15, -0.1) is 0 Å². The van der Waals surface area contributed by atoms with Crippen LogP contribution in [0.3, 0.4) is 0 Å². The molecule has 0 amide bonds. The second kappa shape index (κ2) is 7.36. The summed E-state index contributed by atoms with van der Waals surface area (Å²) in [6.07, 6.45) is 2.23. The molecule has 0 saturated heterocycles. The number of carbonyl (C=O) groups is 1. The highest BCUT2D eigenvalue weighted by Crippen LogP contribution is 2.22. The number of methoxy groups -OCH3 is 1. The van der Waals surface area contributed by atoms with Crippen molar-refractivity contribution in [2.45, 2.75) is 31.1 Å². The number of ether oxygens (including phenoxy) is 1. The number of hydrogen-bond donors (Lipinski definition) is 0. The second-order valence-electron chi connectivity index (χ2n) is 7.56. The standard InChI is InChI=1S/C21H22N2O5S/c1-21(2,3)16-7-5-15(6-8-16)19(24)22-13-14-23(20(22)25)29(26,27)18-11-9-17(28-4)10-12-18/h5-14H,1-4H3. The summed E-state index contributed by atoms with van der Waals surface area (Å²) < 4.78 is 31.9. The van der Waals surface area contributed by atoms with Crippen molar-refractivity contribution >= 4 is 15.9 Å². The molecule has 2 aromatic carbocycles. The van der Waals surface area contributed by atoms with E-state index in [9.17, 15) is 18.0 Å². The van der Waals surface area contributed by atoms with Gasteiger partial charge in [-0.05, 0) is 47.4 Å². The summed E-state index contributed by atoms with van der Waals surface area (Å²) in [6.45, 7) is 6.16. The molecule has 0 atom stereocenters. The van der Waals surface area contributed by atoms with Crippen molar-refractivity contribution in [3.63, 3.8) is 0 Å². The van der Waals surface area contributed by atoms with Crippen LogP contribution in [0.5, 0.6) is 5.75 Å². The fraction of sp³-hybridized carbons (Fsp3) is 0.238. The number of hydrogen-bond acceptors (Lipinski definition) is 5. The molecule has 1 aromatic heterocycles. The lowest BCUT2D eigenvalue weighted by molar-refractivity contribution is 0.0956. The van der Waals surface area contributed by atoms with Crippen LogP contribution in [0.25, 0.3) is 0 Å². The Labute approximate surface area is 169 Å². The summed E-state index contributed by atoms with van der Waals surface area (Å²) in [5.74, 6) is -0.109. The molecule has 0 fully saturated rings. The molecule has 29 heavy (non-hydrogen) atoms. The second-order valence-corrected chi connectivity index (χ2v) is 9.37. The molecule has 0 saturated carbocycles. The minimum Gasteiger partial charge on any atom is -0.497 e. The largest absolute Gasteiger partial charge is 0.497 e. The molecular formula is C21H22N2O5S. The van der Waals surface area contributed by atoms with Gasteiger partial charge in [-0.3, -0.25) is 4.79 Å². The van der Waals surface area contributed by atoms with E-state index in [2.05, 4.69) is 20.8 Å². The van der Waals surface area contributed by atoms with Crippen molar-refractivity contribution in [1.82, 2.24) is 8.54 Å². The van der Waals surface area contributed by atoms with Crippen molar-refractivity contribution in [1.29, 1.82) is 0 Å². The van der Waals surface area contributed by atoms with Crippen LogP contribution < -0.4 is 10.4 Å². The summed E-state index contributed by atoms with van der Waals surface area (Å²) in [7, 11) is -2.67. The Hall–Kier alpha value is -3.13. The maximum absolute atomic E-state index is 12.8. The SMILES string of the molecule is COc1ccc(S(=O)(=O)n2ccn(C(=O)c3ccc(C(C)(C)C)cc3)c2=O)cc1. The molecule has 1 heterocycles. The molecular weight excluding hydrogens is 392 g/mol. The smallest absolute Gasteiger partial charge is 0.349 e. The van der Waals surface area contributed by atoms with E-state index in [1.807, 2.05) is 12.1 Å². The van der Waals surface area contributed by atoms with Crippen LogP contribution in [0.4, 0.5) is 0 Å². The zero-order chi connectivity index (χ0) is 21.4. The summed E-state index contributed by atoms with van der Waals surface area (Å²) in [5, 5.41) is 0. The van der Waals surface area contributed by atoms with E-state index >= 15 is 0 Å². The Bertz CT molecular complexity index is 1200. The van der Waals surface area contributed by atoms with Gasteiger partial charge in [0.2, 0.25) is 0 Å². The molecule has 0 unspecified atom stereocenters. The van der Waals surface area contributed by atoms with Crippen LogP contribution >= 0.6 is 0 Å². The highest BCUT2D eigenvalue weighted by Gasteiger charge is 2.23. The Kier molecular flexibility index (Phi) is 5.23. The molecule has 0 N–H and O–H groups in total. The topological polar surface area (TPSA) is 87.4 Å². The fourth-order valence-electron chi connectivity index (χ4n) is 2.81. The third-order valence-electron chi connectivity index (χ3n) is 4.58. The first-order valence-corrected chi connectivity index (χ1v) is 10.3. The molecule has 8 heteroatoms. The lowest BCUT2D eigenvalue weighted by atomic mass is 9.87. The highest BCUT2D eigenvalue weighted by atomic mass is 32.2. The quantitative estimate of drug-likeness (QED) is 0.655. The number of nitrogens with zero attached hydrogens (tertiary/aromatic N) is 2. The monoisotopic (exact) mass is 414 g/mol. The highest BCUT2D eigenvalue weighted by molar-refractivity contribution is 7.90. The molecule has 0 aliphatic carbocycles. The van der Waals surface area contributed by atoms with E-state index in [1.165, 1.54) is 31.4 Å². The number of carbonyl (C=O) groups excluding carboxylic acids is 1. The lowest BCUT2D eigenvalue weighted by Gasteiger charge is -2.18. The predicted octanol–water partition coefficient (Wildman–Crippen LogP) is 2.88. The van der Waals surface area contributed by atoms with E-state index in [4.69, 9.17) is 4.74 Å². The van der Waals surface area contributed by atoms with Gasteiger partial charge in [0.15, 0.2) is 0 Å². The number of rotatable bonds is 4. The van der Waals surface area contributed by atoms with Gasteiger partial charge in [0, 0.05) is 18.0 Å². The lowest BCUT2D eigenvalue weighted by Crippen LogP contribution is -2.32. The number of benzene rings is 2. The van der Waals surface area contributed by atoms with Crippen molar-refractivity contribution in [2.75, 3.05) is 7.11 Å². The molecule has 0 radical (unpaired) electrons. The molecule has 7 nitrogen and oxygen atoms in total. The van der Waals surface area contributed by atoms with Gasteiger partial charge in [-0.1, -0.05) is 32.9 Å². The summed E-state index contributed by atoms with van der Waals surface area (Å²) in [6, 6.07) is 12.5. The number of imidazole rings is 1. The van der Waals surface area contributed by atoms with Crippen LogP contribution in [0, 0.1) is 0 Å². The average Bonchev–Trinajstić information content (AvgIpc) is 3.09. The van der Waals surface area contributed by atoms with Crippen LogP contribution in [0.2, 0.25) is 0 Å². The van der Waals surface area contributed by atoms with Gasteiger partial charge in [0.1, 0.15) is 5.75 Å². The first kappa shape index (κ1) is 20.6. The Morgan fingerprint density at radius 1 is 0.931 bits per heavy atom. The van der Waals surface area contributed by atoms with Gasteiger partial charge in [-0.2, -0.15) is 3.97 Å². The minimum absolute atomic E-state index is 0.0752. The molecule has 3 rings (SSSR count). The molecule has 3 aromatic rings. The van der Waals surface area contributed by atoms with Crippen molar-refractivity contribution in [2.24, 2.45) is 0 Å². The van der Waals surface area contributed by atoms with E-state index < -0.39 is 21.6 Å². The van der Waals surface area contributed by atoms with Crippen molar-refractivity contribution < 1.29 is 17.9 Å². The van der Waals surface area contributed by atoms with E-state index in [0.29, 0.717) is 15.3 Å². The van der Waals surface area contributed by atoms with Crippen molar-refractivity contribution in [3.8, 4) is 5.75 Å². The summed E-state index contributed by atoms with van der Waals surface area (Å²) in [4.78, 5) is 25.3. The zero-order valence-electron chi connectivity index (χ0n) is 16.6. The van der Waals surface area contributed by atoms with Crippen molar-refractivity contribution in [3.05, 3.63) is 82.5 Å². The van der Waals surface area contributed by atoms with E-state index in [0.717, 1.165) is 22.5 Å². The minimum atomic E-state index is -4.14. The summed E-state index contributed by atoms with van der Waals surface area (Å²) in [5.41, 5.74) is 0.306. The van der Waals surface area contributed by atoms with E-state index in [-0.39, 0.29) is 10.3 Å². The third-order valence-corrected chi connectivity index (χ3v) is 6.24. The first-order valence-electron chi connectivity index (χ1n) is 8.90. The maximum atomic E-state index is 12.8. The normalized spacial score (nSPS) is 12.0. The maximum Gasteiger partial charge on any atom is 0.349 e. The van der Waals surface area contributed by atoms with Gasteiger partial charge in [0.25, 0.3) is 15.9 Å². The van der Waals surface area contributed by atoms with Gasteiger partial charge >= 0.3 is 5.69 Å². The molecule has 0 bridgehead atoms.